The Bertz CT molecular complexity index is 180. The normalized spacial score (nSPS) is 21.9. The summed E-state index contributed by atoms with van der Waals surface area (Å²) in [4.78, 5) is 0. The van der Waals surface area contributed by atoms with E-state index in [9.17, 15) is 5.11 Å². The molecule has 0 aliphatic carbocycles. The van der Waals surface area contributed by atoms with Gasteiger partial charge < -0.3 is 9.84 Å². The quantitative estimate of drug-likeness (QED) is 0.702. The molecule has 70 valence electrons. The molecule has 0 radical (unpaired) electrons. The summed E-state index contributed by atoms with van der Waals surface area (Å²) in [5, 5.41) is 9.99. The standard InChI is InChI=1S/C10H18O2/c1-8(2)7-10(3,11)9-5-4-6-12-9/h5,8,11H,4,6-7H2,1-3H3. The molecule has 2 nitrogen and oxygen atoms in total. The molecule has 2 heteroatoms. The molecule has 0 saturated heterocycles. The smallest absolute Gasteiger partial charge is 0.123 e. The van der Waals surface area contributed by atoms with Crippen LogP contribution in [0.25, 0.3) is 0 Å². The fourth-order valence-corrected chi connectivity index (χ4v) is 1.69. The molecule has 0 amide bonds. The molecule has 0 aromatic rings. The van der Waals surface area contributed by atoms with Gasteiger partial charge in [0.15, 0.2) is 0 Å². The lowest BCUT2D eigenvalue weighted by molar-refractivity contribution is 0.0182. The van der Waals surface area contributed by atoms with E-state index in [1.807, 2.05) is 13.0 Å². The Morgan fingerprint density at radius 1 is 1.67 bits per heavy atom. The van der Waals surface area contributed by atoms with Gasteiger partial charge in [0.25, 0.3) is 0 Å². The van der Waals surface area contributed by atoms with Gasteiger partial charge in [0.2, 0.25) is 0 Å². The second-order valence-electron chi connectivity index (χ2n) is 4.08. The maximum Gasteiger partial charge on any atom is 0.123 e. The van der Waals surface area contributed by atoms with Gasteiger partial charge in [-0.05, 0) is 25.3 Å². The highest BCUT2D eigenvalue weighted by Gasteiger charge is 2.30. The van der Waals surface area contributed by atoms with E-state index in [-0.39, 0.29) is 0 Å². The monoisotopic (exact) mass is 170 g/mol. The maximum absolute atomic E-state index is 9.99. The molecule has 0 bridgehead atoms. The fourth-order valence-electron chi connectivity index (χ4n) is 1.69. The molecule has 1 heterocycles. The van der Waals surface area contributed by atoms with Crippen molar-refractivity contribution in [1.29, 1.82) is 0 Å². The third-order valence-electron chi connectivity index (χ3n) is 2.04. The lowest BCUT2D eigenvalue weighted by Crippen LogP contribution is -2.29. The molecule has 1 atom stereocenters. The van der Waals surface area contributed by atoms with Gasteiger partial charge in [0.05, 0.1) is 6.61 Å². The predicted molar refractivity (Wildman–Crippen MR) is 48.7 cm³/mol. The Morgan fingerprint density at radius 3 is 2.75 bits per heavy atom. The minimum atomic E-state index is -0.759. The van der Waals surface area contributed by atoms with Gasteiger partial charge in [0, 0.05) is 6.42 Å². The number of aliphatic hydroxyl groups is 1. The van der Waals surface area contributed by atoms with E-state index in [1.165, 1.54) is 0 Å². The zero-order chi connectivity index (χ0) is 9.19. The minimum Gasteiger partial charge on any atom is -0.495 e. The molecule has 1 N–H and O–H groups in total. The topological polar surface area (TPSA) is 29.5 Å². The van der Waals surface area contributed by atoms with Gasteiger partial charge in [-0.2, -0.15) is 0 Å². The summed E-state index contributed by atoms with van der Waals surface area (Å²) in [7, 11) is 0. The zero-order valence-corrected chi connectivity index (χ0v) is 8.13. The molecule has 1 rings (SSSR count). The van der Waals surface area contributed by atoms with Crippen LogP contribution in [0.15, 0.2) is 11.8 Å². The van der Waals surface area contributed by atoms with E-state index >= 15 is 0 Å². The van der Waals surface area contributed by atoms with Crippen molar-refractivity contribution in [3.8, 4) is 0 Å². The zero-order valence-electron chi connectivity index (χ0n) is 8.13. The second kappa shape index (κ2) is 3.48. The van der Waals surface area contributed by atoms with Crippen LogP contribution in [0.2, 0.25) is 0 Å². The number of hydrogen-bond acceptors (Lipinski definition) is 2. The first kappa shape index (κ1) is 9.59. The SMILES string of the molecule is CC(C)CC(C)(O)C1=CCCO1. The molecule has 1 aliphatic rings. The molecule has 12 heavy (non-hydrogen) atoms. The number of hydrogen-bond donors (Lipinski definition) is 1. The molecular weight excluding hydrogens is 152 g/mol. The van der Waals surface area contributed by atoms with Crippen molar-refractivity contribution in [2.45, 2.75) is 39.2 Å². The number of ether oxygens (including phenoxy) is 1. The van der Waals surface area contributed by atoms with Gasteiger partial charge >= 0.3 is 0 Å². The highest BCUT2D eigenvalue weighted by atomic mass is 16.5. The van der Waals surface area contributed by atoms with Gasteiger partial charge in [-0.15, -0.1) is 0 Å². The molecule has 0 spiro atoms. The first-order valence-electron chi connectivity index (χ1n) is 4.58. The molecular formula is C10H18O2. The van der Waals surface area contributed by atoms with Crippen molar-refractivity contribution in [3.05, 3.63) is 11.8 Å². The summed E-state index contributed by atoms with van der Waals surface area (Å²) in [5.41, 5.74) is -0.759. The fraction of sp³-hybridized carbons (Fsp3) is 0.800. The van der Waals surface area contributed by atoms with Crippen molar-refractivity contribution >= 4 is 0 Å². The Labute approximate surface area is 74.2 Å². The van der Waals surface area contributed by atoms with Crippen molar-refractivity contribution in [2.24, 2.45) is 5.92 Å². The van der Waals surface area contributed by atoms with Gasteiger partial charge in [0.1, 0.15) is 11.4 Å². The Kier molecular flexibility index (Phi) is 2.78. The third-order valence-corrected chi connectivity index (χ3v) is 2.04. The van der Waals surface area contributed by atoms with E-state index in [0.717, 1.165) is 25.2 Å². The molecule has 1 unspecified atom stereocenters. The summed E-state index contributed by atoms with van der Waals surface area (Å²) in [5.74, 6) is 1.25. The summed E-state index contributed by atoms with van der Waals surface area (Å²) in [6.07, 6.45) is 3.69. The maximum atomic E-state index is 9.99. The highest BCUT2D eigenvalue weighted by molar-refractivity contribution is 5.11. The summed E-state index contributed by atoms with van der Waals surface area (Å²) >= 11 is 0. The Hall–Kier alpha value is -0.500. The van der Waals surface area contributed by atoms with Crippen LogP contribution < -0.4 is 0 Å². The van der Waals surface area contributed by atoms with Crippen LogP contribution in [0.3, 0.4) is 0 Å². The largest absolute Gasteiger partial charge is 0.495 e. The molecule has 0 aromatic carbocycles. The average Bonchev–Trinajstić information content (AvgIpc) is 2.32. The summed E-state index contributed by atoms with van der Waals surface area (Å²) in [6.45, 7) is 6.75. The van der Waals surface area contributed by atoms with E-state index in [4.69, 9.17) is 4.74 Å². The summed E-state index contributed by atoms with van der Waals surface area (Å²) < 4.78 is 5.33. The first-order valence-corrected chi connectivity index (χ1v) is 4.58. The lowest BCUT2D eigenvalue weighted by Gasteiger charge is -2.25. The van der Waals surface area contributed by atoms with Crippen LogP contribution >= 0.6 is 0 Å². The van der Waals surface area contributed by atoms with Gasteiger partial charge in [-0.1, -0.05) is 13.8 Å². The van der Waals surface area contributed by atoms with E-state index in [2.05, 4.69) is 13.8 Å². The van der Waals surface area contributed by atoms with Gasteiger partial charge in [-0.3, -0.25) is 0 Å². The van der Waals surface area contributed by atoms with Crippen molar-refractivity contribution in [1.82, 2.24) is 0 Å². The van der Waals surface area contributed by atoms with Crippen LogP contribution in [0, 0.1) is 5.92 Å². The lowest BCUT2D eigenvalue weighted by atomic mass is 9.92. The summed E-state index contributed by atoms with van der Waals surface area (Å²) in [6, 6.07) is 0. The Morgan fingerprint density at radius 2 is 2.33 bits per heavy atom. The van der Waals surface area contributed by atoms with E-state index in [1.54, 1.807) is 0 Å². The molecule has 0 fully saturated rings. The van der Waals surface area contributed by atoms with E-state index in [0.29, 0.717) is 5.92 Å². The van der Waals surface area contributed by atoms with Gasteiger partial charge in [-0.25, -0.2) is 0 Å². The highest BCUT2D eigenvalue weighted by Crippen LogP contribution is 2.28. The first-order chi connectivity index (χ1) is 5.52. The molecule has 0 saturated carbocycles. The van der Waals surface area contributed by atoms with Crippen LogP contribution in [-0.2, 0) is 4.74 Å². The average molecular weight is 170 g/mol. The Balaban J connectivity index is 2.57. The second-order valence-corrected chi connectivity index (χ2v) is 4.08. The van der Waals surface area contributed by atoms with E-state index < -0.39 is 5.60 Å². The van der Waals surface area contributed by atoms with Crippen LogP contribution in [0.5, 0.6) is 0 Å². The van der Waals surface area contributed by atoms with Crippen LogP contribution in [0.1, 0.15) is 33.6 Å². The van der Waals surface area contributed by atoms with Crippen molar-refractivity contribution in [3.63, 3.8) is 0 Å². The molecule has 1 aliphatic heterocycles. The van der Waals surface area contributed by atoms with Crippen molar-refractivity contribution < 1.29 is 9.84 Å². The predicted octanol–water partition coefficient (Wildman–Crippen LogP) is 2.09. The van der Waals surface area contributed by atoms with Crippen LogP contribution in [0.4, 0.5) is 0 Å². The third kappa shape index (κ3) is 2.24. The number of rotatable bonds is 3. The molecule has 0 aromatic heterocycles. The minimum absolute atomic E-state index is 0.491. The van der Waals surface area contributed by atoms with Crippen LogP contribution in [-0.4, -0.2) is 17.3 Å². The van der Waals surface area contributed by atoms with Crippen molar-refractivity contribution in [2.75, 3.05) is 6.61 Å².